The zero-order valence-corrected chi connectivity index (χ0v) is 4.82. The van der Waals surface area contributed by atoms with Gasteiger partial charge in [0.05, 0.1) is 0 Å². The molecule has 0 aromatic rings. The molecule has 1 aliphatic rings. The molecule has 1 rings (SSSR count). The second-order valence-electron chi connectivity index (χ2n) is 0.977. The van der Waals surface area contributed by atoms with Crippen LogP contribution in [-0.2, 0) is 0 Å². The molecule has 0 fully saturated rings. The third kappa shape index (κ3) is 0.839. The van der Waals surface area contributed by atoms with Crippen molar-refractivity contribution in [2.45, 2.75) is 0 Å². The number of hydrogen-bond donors (Lipinski definition) is 1. The van der Waals surface area contributed by atoms with Gasteiger partial charge in [-0.2, -0.15) is 0 Å². The van der Waals surface area contributed by atoms with Crippen molar-refractivity contribution in [3.63, 3.8) is 0 Å². The Kier molecular flexibility index (Phi) is 1.21. The van der Waals surface area contributed by atoms with Crippen LogP contribution in [0.4, 0.5) is 0 Å². The van der Waals surface area contributed by atoms with E-state index in [0.29, 0.717) is 14.5 Å². The molecule has 1 aliphatic heterocycles. The van der Waals surface area contributed by atoms with Crippen molar-refractivity contribution in [3.8, 4) is 0 Å². The van der Waals surface area contributed by atoms with Crippen LogP contribution in [0.5, 0.6) is 0 Å². The molecule has 0 amide bonds. The monoisotopic (exact) mass is 137 g/mol. The minimum atomic E-state index is 0.618. The van der Waals surface area contributed by atoms with Crippen molar-refractivity contribution >= 4 is 19.4 Å². The first-order valence-corrected chi connectivity index (χ1v) is 4.10. The Labute approximate surface area is 37.5 Å². The maximum absolute atomic E-state index is 3.21. The summed E-state index contributed by atoms with van der Waals surface area (Å²) in [6, 6.07) is 0. The van der Waals surface area contributed by atoms with Gasteiger partial charge in [0.1, 0.15) is 0 Å². The summed E-state index contributed by atoms with van der Waals surface area (Å²) in [6.45, 7) is 1.17. The third-order valence-corrected chi connectivity index (χ3v) is 2.34. The molecule has 0 spiro atoms. The van der Waals surface area contributed by atoms with Gasteiger partial charge in [0, 0.05) is 0 Å². The summed E-state index contributed by atoms with van der Waals surface area (Å²) in [5.41, 5.74) is 1.29. The fourth-order valence-corrected chi connectivity index (χ4v) is 1.68. The zero-order valence-electron chi connectivity index (χ0n) is 2.94. The summed E-state index contributed by atoms with van der Waals surface area (Å²) < 4.78 is 0. The Morgan fingerprint density at radius 2 is 2.80 bits per heavy atom. The van der Waals surface area contributed by atoms with Crippen LogP contribution in [0.2, 0.25) is 0 Å². The summed E-state index contributed by atoms with van der Waals surface area (Å²) in [4.78, 5) is 2.34. The van der Waals surface area contributed by atoms with Gasteiger partial charge >= 0.3 is 36.7 Å². The normalized spacial score (nSPS) is 22.4. The van der Waals surface area contributed by atoms with E-state index in [1.807, 2.05) is 0 Å². The fourth-order valence-electron chi connectivity index (χ4n) is 0.323. The van der Waals surface area contributed by atoms with E-state index >= 15 is 0 Å². The molecule has 0 aliphatic carbocycles. The molecule has 0 radical (unpaired) electrons. The topological polar surface area (TPSA) is 12.0 Å². The van der Waals surface area contributed by atoms with Crippen molar-refractivity contribution in [3.05, 3.63) is 0 Å². The van der Waals surface area contributed by atoms with E-state index in [1.165, 1.54) is 12.0 Å². The Bertz CT molecular complexity index is 44.9. The predicted octanol–water partition coefficient (Wildman–Crippen LogP) is -1.21. The van der Waals surface area contributed by atoms with Crippen molar-refractivity contribution < 1.29 is 0 Å². The summed E-state index contributed by atoms with van der Waals surface area (Å²) in [5, 5.41) is 3.21. The summed E-state index contributed by atoms with van der Waals surface area (Å²) in [6.07, 6.45) is 0. The van der Waals surface area contributed by atoms with Crippen LogP contribution in [0.3, 0.4) is 0 Å². The van der Waals surface area contributed by atoms with Crippen LogP contribution in [0, 0.1) is 0 Å². The van der Waals surface area contributed by atoms with E-state index in [4.69, 9.17) is 0 Å². The molecule has 0 saturated heterocycles. The van der Waals surface area contributed by atoms with Crippen molar-refractivity contribution in [2.24, 2.45) is 0 Å². The van der Waals surface area contributed by atoms with Crippen LogP contribution < -0.4 is 5.32 Å². The second-order valence-corrected chi connectivity index (χ2v) is 3.17. The molecule has 2 heteroatoms. The Morgan fingerprint density at radius 1 is 1.80 bits per heavy atom. The quantitative estimate of drug-likeness (QED) is 0.412. The number of hydrogen-bond acceptors (Lipinski definition) is 1. The van der Waals surface area contributed by atoms with E-state index in [0.717, 1.165) is 0 Å². The molecule has 0 aromatic carbocycles. The third-order valence-electron chi connectivity index (χ3n) is 0.568. The van der Waals surface area contributed by atoms with Crippen LogP contribution in [0.25, 0.3) is 0 Å². The number of nitrogens with one attached hydrogen (secondary N) is 1. The van der Waals surface area contributed by atoms with Crippen molar-refractivity contribution in [1.82, 2.24) is 5.32 Å². The standard InChI is InChI=1S/C3H7NSe/c1-2-5-3-4-1/h2,4-5H,1,3H2. The van der Waals surface area contributed by atoms with Gasteiger partial charge in [0.25, 0.3) is 0 Å². The van der Waals surface area contributed by atoms with Gasteiger partial charge < -0.3 is 0 Å². The summed E-state index contributed by atoms with van der Waals surface area (Å²) in [5.74, 6) is 0. The minimum absolute atomic E-state index is 0.618. The van der Waals surface area contributed by atoms with Crippen LogP contribution >= 0.6 is 0 Å². The van der Waals surface area contributed by atoms with Crippen molar-refractivity contribution in [1.29, 1.82) is 0 Å². The molecule has 5 heavy (non-hydrogen) atoms. The van der Waals surface area contributed by atoms with E-state index < -0.39 is 0 Å². The predicted molar refractivity (Wildman–Crippen MR) is 26.1 cm³/mol. The first-order chi connectivity index (χ1) is 2.50. The summed E-state index contributed by atoms with van der Waals surface area (Å²) >= 11 is 0.618. The molecule has 0 unspecified atom stereocenters. The van der Waals surface area contributed by atoms with Gasteiger partial charge in [-0.3, -0.25) is 0 Å². The van der Waals surface area contributed by atoms with Gasteiger partial charge in [-0.25, -0.2) is 0 Å². The van der Waals surface area contributed by atoms with Crippen molar-refractivity contribution in [2.75, 3.05) is 12.0 Å². The molecule has 1 N–H and O–H groups in total. The Morgan fingerprint density at radius 3 is 3.00 bits per heavy atom. The SMILES string of the molecule is C1=[SeH]CNC1. The van der Waals surface area contributed by atoms with Gasteiger partial charge in [0.2, 0.25) is 0 Å². The van der Waals surface area contributed by atoms with Gasteiger partial charge in [-0.15, -0.1) is 0 Å². The van der Waals surface area contributed by atoms with Crippen LogP contribution in [0.1, 0.15) is 0 Å². The van der Waals surface area contributed by atoms with Gasteiger partial charge in [-0.05, 0) is 0 Å². The fraction of sp³-hybridized carbons (Fsp3) is 0.667. The van der Waals surface area contributed by atoms with E-state index in [9.17, 15) is 0 Å². The summed E-state index contributed by atoms with van der Waals surface area (Å²) in [7, 11) is 0. The molecule has 0 aromatic heterocycles. The van der Waals surface area contributed by atoms with Crippen LogP contribution in [0.15, 0.2) is 0 Å². The van der Waals surface area contributed by atoms with Gasteiger partial charge in [0.15, 0.2) is 0 Å². The molecule has 0 saturated carbocycles. The molecular formula is C3H7NSe. The van der Waals surface area contributed by atoms with E-state index in [2.05, 4.69) is 10.2 Å². The van der Waals surface area contributed by atoms with E-state index in [1.54, 1.807) is 0 Å². The Balaban J connectivity index is 2.32. The molecule has 1 nitrogen and oxygen atoms in total. The van der Waals surface area contributed by atoms with Crippen LogP contribution in [-0.4, -0.2) is 31.4 Å². The van der Waals surface area contributed by atoms with Gasteiger partial charge in [-0.1, -0.05) is 0 Å². The first-order valence-electron chi connectivity index (χ1n) is 1.69. The molecule has 0 atom stereocenters. The zero-order chi connectivity index (χ0) is 3.54. The Hall–Kier alpha value is 0.349. The average Bonchev–Trinajstić information content (AvgIpc) is 1.76. The molecular weight excluding hydrogens is 129 g/mol. The number of rotatable bonds is 0. The second kappa shape index (κ2) is 1.71. The maximum atomic E-state index is 3.21. The molecule has 0 bridgehead atoms. The molecule has 30 valence electrons. The average molecular weight is 136 g/mol. The first kappa shape index (κ1) is 3.54. The molecule has 1 heterocycles. The van der Waals surface area contributed by atoms with E-state index in [-0.39, 0.29) is 0 Å².